The fraction of sp³-hybridized carbons (Fsp3) is 0.615. The minimum Gasteiger partial charge on any atom is -0.372 e. The zero-order valence-corrected chi connectivity index (χ0v) is 9.57. The summed E-state index contributed by atoms with van der Waals surface area (Å²) in [6, 6.07) is 4.29. The summed E-state index contributed by atoms with van der Waals surface area (Å²) in [5.41, 5.74) is 2.47. The number of nitrogens with zero attached hydrogens (tertiary/aromatic N) is 1. The molecule has 15 heavy (non-hydrogen) atoms. The lowest BCUT2D eigenvalue weighted by Gasteiger charge is -2.22. The number of hydrogen-bond donors (Lipinski definition) is 0. The number of aromatic nitrogens is 1. The normalized spacial score (nSPS) is 21.9. The van der Waals surface area contributed by atoms with Crippen molar-refractivity contribution in [3.63, 3.8) is 0 Å². The highest BCUT2D eigenvalue weighted by Gasteiger charge is 2.17. The van der Waals surface area contributed by atoms with Crippen molar-refractivity contribution in [2.45, 2.75) is 45.1 Å². The van der Waals surface area contributed by atoms with Gasteiger partial charge < -0.3 is 4.74 Å². The summed E-state index contributed by atoms with van der Waals surface area (Å²) < 4.78 is 5.74. The minimum absolute atomic E-state index is 0.234. The summed E-state index contributed by atoms with van der Waals surface area (Å²) in [6.07, 6.45) is 5.72. The van der Waals surface area contributed by atoms with E-state index in [0.29, 0.717) is 5.92 Å². The van der Waals surface area contributed by atoms with E-state index in [1.807, 2.05) is 6.20 Å². The molecule has 0 aliphatic carbocycles. The largest absolute Gasteiger partial charge is 0.372 e. The minimum atomic E-state index is 0.234. The van der Waals surface area contributed by atoms with Crippen LogP contribution in [0.2, 0.25) is 0 Å². The van der Waals surface area contributed by atoms with Crippen LogP contribution in [0.1, 0.15) is 56.4 Å². The average molecular weight is 205 g/mol. The van der Waals surface area contributed by atoms with E-state index in [2.05, 4.69) is 31.0 Å². The van der Waals surface area contributed by atoms with Crippen LogP contribution in [0, 0.1) is 0 Å². The Labute approximate surface area is 91.7 Å². The summed E-state index contributed by atoms with van der Waals surface area (Å²) >= 11 is 0. The van der Waals surface area contributed by atoms with Gasteiger partial charge in [0.2, 0.25) is 0 Å². The van der Waals surface area contributed by atoms with Crippen molar-refractivity contribution in [1.29, 1.82) is 0 Å². The topological polar surface area (TPSA) is 22.1 Å². The molecule has 0 N–H and O–H groups in total. The molecule has 2 heteroatoms. The van der Waals surface area contributed by atoms with Crippen molar-refractivity contribution in [2.75, 3.05) is 6.61 Å². The van der Waals surface area contributed by atoms with Crippen molar-refractivity contribution < 1.29 is 4.74 Å². The van der Waals surface area contributed by atoms with Crippen LogP contribution < -0.4 is 0 Å². The molecular formula is C13H19NO. The number of pyridine rings is 1. The van der Waals surface area contributed by atoms with Crippen molar-refractivity contribution >= 4 is 0 Å². The number of rotatable bonds is 2. The second-order valence-corrected chi connectivity index (χ2v) is 4.52. The molecule has 1 aromatic heterocycles. The lowest BCUT2D eigenvalue weighted by molar-refractivity contribution is 0.0123. The highest BCUT2D eigenvalue weighted by Crippen LogP contribution is 2.27. The Kier molecular flexibility index (Phi) is 3.37. The molecule has 0 unspecified atom stereocenters. The molecule has 2 nitrogen and oxygen atoms in total. The first-order valence-electron chi connectivity index (χ1n) is 5.85. The Morgan fingerprint density at radius 3 is 2.93 bits per heavy atom. The van der Waals surface area contributed by atoms with Gasteiger partial charge in [-0.2, -0.15) is 0 Å². The SMILES string of the molecule is CC(C)c1ccnc([C@@H]2CCCCO2)c1. The van der Waals surface area contributed by atoms with Crippen LogP contribution in [0.5, 0.6) is 0 Å². The van der Waals surface area contributed by atoms with Crippen molar-refractivity contribution in [3.8, 4) is 0 Å². The van der Waals surface area contributed by atoms with Crippen molar-refractivity contribution in [1.82, 2.24) is 4.98 Å². The monoisotopic (exact) mass is 205 g/mol. The first kappa shape index (κ1) is 10.6. The highest BCUT2D eigenvalue weighted by atomic mass is 16.5. The lowest BCUT2D eigenvalue weighted by atomic mass is 10.00. The van der Waals surface area contributed by atoms with E-state index in [4.69, 9.17) is 4.74 Å². The maximum Gasteiger partial charge on any atom is 0.0994 e. The Bertz CT molecular complexity index is 316. The summed E-state index contributed by atoms with van der Waals surface area (Å²) in [6.45, 7) is 5.31. The van der Waals surface area contributed by atoms with Gasteiger partial charge in [-0.05, 0) is 42.9 Å². The molecule has 0 aromatic carbocycles. The molecule has 0 saturated carbocycles. The number of hydrogen-bond acceptors (Lipinski definition) is 2. The molecule has 0 radical (unpaired) electrons. The van der Waals surface area contributed by atoms with E-state index in [1.165, 1.54) is 18.4 Å². The molecule has 82 valence electrons. The second-order valence-electron chi connectivity index (χ2n) is 4.52. The quantitative estimate of drug-likeness (QED) is 0.737. The van der Waals surface area contributed by atoms with Crippen LogP contribution >= 0.6 is 0 Å². The van der Waals surface area contributed by atoms with Gasteiger partial charge >= 0.3 is 0 Å². The maximum absolute atomic E-state index is 5.74. The van der Waals surface area contributed by atoms with Crippen LogP contribution in [0.4, 0.5) is 0 Å². The molecule has 1 aliphatic rings. The lowest BCUT2D eigenvalue weighted by Crippen LogP contribution is -2.13. The van der Waals surface area contributed by atoms with Crippen LogP contribution in [0.15, 0.2) is 18.3 Å². The van der Waals surface area contributed by atoms with Gasteiger partial charge in [-0.25, -0.2) is 0 Å². The fourth-order valence-corrected chi connectivity index (χ4v) is 1.97. The second kappa shape index (κ2) is 4.75. The van der Waals surface area contributed by atoms with Gasteiger partial charge in [0.1, 0.15) is 0 Å². The van der Waals surface area contributed by atoms with Gasteiger partial charge in [-0.3, -0.25) is 4.98 Å². The first-order chi connectivity index (χ1) is 7.27. The van der Waals surface area contributed by atoms with Crippen LogP contribution in [-0.4, -0.2) is 11.6 Å². The average Bonchev–Trinajstić information content (AvgIpc) is 2.30. The molecular weight excluding hydrogens is 186 g/mol. The predicted octanol–water partition coefficient (Wildman–Crippen LogP) is 3.45. The Morgan fingerprint density at radius 1 is 1.40 bits per heavy atom. The standard InChI is InChI=1S/C13H19NO/c1-10(2)11-6-7-14-12(9-11)13-5-3-4-8-15-13/h6-7,9-10,13H,3-5,8H2,1-2H3/t13-/m0/s1. The van der Waals surface area contributed by atoms with E-state index in [1.54, 1.807) is 0 Å². The molecule has 0 amide bonds. The molecule has 1 saturated heterocycles. The molecule has 1 fully saturated rings. The first-order valence-corrected chi connectivity index (χ1v) is 5.85. The third kappa shape index (κ3) is 2.57. The summed E-state index contributed by atoms with van der Waals surface area (Å²) in [5.74, 6) is 0.565. The summed E-state index contributed by atoms with van der Waals surface area (Å²) in [7, 11) is 0. The van der Waals surface area contributed by atoms with Gasteiger partial charge in [-0.1, -0.05) is 13.8 Å². The molecule has 2 rings (SSSR count). The van der Waals surface area contributed by atoms with Gasteiger partial charge in [0, 0.05) is 12.8 Å². The van der Waals surface area contributed by atoms with Crippen LogP contribution in [0.25, 0.3) is 0 Å². The molecule has 2 heterocycles. The molecule has 0 bridgehead atoms. The maximum atomic E-state index is 5.74. The van der Waals surface area contributed by atoms with Gasteiger partial charge in [0.25, 0.3) is 0 Å². The Morgan fingerprint density at radius 2 is 2.27 bits per heavy atom. The van der Waals surface area contributed by atoms with E-state index in [0.717, 1.165) is 18.7 Å². The zero-order chi connectivity index (χ0) is 10.7. The van der Waals surface area contributed by atoms with Gasteiger partial charge in [-0.15, -0.1) is 0 Å². The van der Waals surface area contributed by atoms with Crippen molar-refractivity contribution in [3.05, 3.63) is 29.6 Å². The summed E-state index contributed by atoms with van der Waals surface area (Å²) in [5, 5.41) is 0. The highest BCUT2D eigenvalue weighted by molar-refractivity contribution is 5.21. The smallest absolute Gasteiger partial charge is 0.0994 e. The Hall–Kier alpha value is -0.890. The van der Waals surface area contributed by atoms with Gasteiger partial charge in [0.05, 0.1) is 11.8 Å². The van der Waals surface area contributed by atoms with E-state index >= 15 is 0 Å². The molecule has 1 atom stereocenters. The fourth-order valence-electron chi connectivity index (χ4n) is 1.97. The predicted molar refractivity (Wildman–Crippen MR) is 60.9 cm³/mol. The van der Waals surface area contributed by atoms with Crippen molar-refractivity contribution in [2.24, 2.45) is 0 Å². The number of ether oxygens (including phenoxy) is 1. The summed E-state index contributed by atoms with van der Waals surface area (Å²) in [4.78, 5) is 4.42. The third-order valence-corrected chi connectivity index (χ3v) is 2.98. The van der Waals surface area contributed by atoms with E-state index in [-0.39, 0.29) is 6.10 Å². The third-order valence-electron chi connectivity index (χ3n) is 2.98. The van der Waals surface area contributed by atoms with Crippen LogP contribution in [-0.2, 0) is 4.74 Å². The molecule has 1 aromatic rings. The van der Waals surface area contributed by atoms with Gasteiger partial charge in [0.15, 0.2) is 0 Å². The molecule has 1 aliphatic heterocycles. The Balaban J connectivity index is 2.16. The van der Waals surface area contributed by atoms with E-state index < -0.39 is 0 Å². The molecule has 0 spiro atoms. The van der Waals surface area contributed by atoms with E-state index in [9.17, 15) is 0 Å². The van der Waals surface area contributed by atoms with Crippen LogP contribution in [0.3, 0.4) is 0 Å². The zero-order valence-electron chi connectivity index (χ0n) is 9.57.